The lowest BCUT2D eigenvalue weighted by atomic mass is 10.1. The largest absolute Gasteiger partial charge is 0.497 e. The Balaban J connectivity index is 1.95. The first-order valence-electron chi connectivity index (χ1n) is 7.95. The van der Waals surface area contributed by atoms with Crippen molar-refractivity contribution in [1.29, 1.82) is 0 Å². The number of benzene rings is 2. The lowest BCUT2D eigenvalue weighted by molar-refractivity contribution is 0.103. The summed E-state index contributed by atoms with van der Waals surface area (Å²) in [5.41, 5.74) is 9.86. The van der Waals surface area contributed by atoms with Crippen LogP contribution in [0.25, 0.3) is 5.69 Å². The molecule has 3 aromatic rings. The molecule has 0 aliphatic heterocycles. The molecule has 1 amide bonds. The number of hydrogen-bond acceptors (Lipinski definition) is 5. The summed E-state index contributed by atoms with van der Waals surface area (Å²) in [6, 6.07) is 13.3. The highest BCUT2D eigenvalue weighted by Crippen LogP contribution is 2.28. The van der Waals surface area contributed by atoms with E-state index in [1.54, 1.807) is 11.7 Å². The quantitative estimate of drug-likeness (QED) is 0.637. The van der Waals surface area contributed by atoms with E-state index in [0.29, 0.717) is 14.6 Å². The van der Waals surface area contributed by atoms with E-state index in [-0.39, 0.29) is 5.91 Å². The third-order valence-corrected chi connectivity index (χ3v) is 5.41. The van der Waals surface area contributed by atoms with Crippen LogP contribution in [0, 0.1) is 17.8 Å². The number of nitrogen functional groups attached to an aromatic ring is 1. The van der Waals surface area contributed by atoms with Crippen LogP contribution in [-0.4, -0.2) is 17.6 Å². The van der Waals surface area contributed by atoms with Gasteiger partial charge < -0.3 is 15.8 Å². The van der Waals surface area contributed by atoms with Gasteiger partial charge >= 0.3 is 0 Å². The number of carbonyl (C=O) groups is 1. The first kappa shape index (κ1) is 18.2. The van der Waals surface area contributed by atoms with Crippen molar-refractivity contribution in [2.24, 2.45) is 0 Å². The molecule has 0 aliphatic carbocycles. The summed E-state index contributed by atoms with van der Waals surface area (Å²) in [6.07, 6.45) is 0. The van der Waals surface area contributed by atoms with Gasteiger partial charge in [0.1, 0.15) is 16.4 Å². The topological polar surface area (TPSA) is 69.3 Å². The van der Waals surface area contributed by atoms with Crippen LogP contribution in [-0.2, 0) is 0 Å². The van der Waals surface area contributed by atoms with Crippen LogP contribution in [0.2, 0.25) is 0 Å². The van der Waals surface area contributed by atoms with E-state index in [0.717, 1.165) is 28.3 Å². The Bertz CT molecular complexity index is 1020. The maximum absolute atomic E-state index is 12.7. The Morgan fingerprint density at radius 3 is 2.54 bits per heavy atom. The van der Waals surface area contributed by atoms with Crippen LogP contribution in [0.1, 0.15) is 20.8 Å². The van der Waals surface area contributed by atoms with E-state index >= 15 is 0 Å². The fraction of sp³-hybridized carbons (Fsp3) is 0.158. The molecule has 3 rings (SSSR count). The number of anilines is 2. The van der Waals surface area contributed by atoms with Gasteiger partial charge in [0.2, 0.25) is 0 Å². The molecule has 0 saturated carbocycles. The van der Waals surface area contributed by atoms with Gasteiger partial charge in [-0.2, -0.15) is 0 Å². The monoisotopic (exact) mass is 385 g/mol. The number of nitrogens with zero attached hydrogens (tertiary/aromatic N) is 1. The highest BCUT2D eigenvalue weighted by molar-refractivity contribution is 7.73. The van der Waals surface area contributed by atoms with Crippen molar-refractivity contribution in [3.63, 3.8) is 0 Å². The van der Waals surface area contributed by atoms with Gasteiger partial charge in [-0.3, -0.25) is 9.36 Å². The van der Waals surface area contributed by atoms with Gasteiger partial charge in [0.25, 0.3) is 5.91 Å². The standard InChI is InChI=1S/C19H19N3O2S2/c1-11-4-5-12(2)15(10-11)21-18(23)16-17(20)22(19(25)26-16)13-6-8-14(24-3)9-7-13/h4-10H,20H2,1-3H3,(H,21,23). The van der Waals surface area contributed by atoms with Gasteiger partial charge in [0.15, 0.2) is 3.95 Å². The zero-order valence-electron chi connectivity index (χ0n) is 14.7. The second kappa shape index (κ2) is 7.31. The van der Waals surface area contributed by atoms with E-state index in [1.165, 1.54) is 11.3 Å². The third kappa shape index (κ3) is 3.49. The maximum atomic E-state index is 12.7. The van der Waals surface area contributed by atoms with Gasteiger partial charge in [0.05, 0.1) is 7.11 Å². The maximum Gasteiger partial charge on any atom is 0.269 e. The first-order chi connectivity index (χ1) is 12.4. The number of aromatic nitrogens is 1. The van der Waals surface area contributed by atoms with E-state index < -0.39 is 0 Å². The summed E-state index contributed by atoms with van der Waals surface area (Å²) in [4.78, 5) is 13.1. The highest BCUT2D eigenvalue weighted by Gasteiger charge is 2.19. The van der Waals surface area contributed by atoms with Crippen molar-refractivity contribution >= 4 is 41.0 Å². The first-order valence-corrected chi connectivity index (χ1v) is 9.17. The molecule has 0 unspecified atom stereocenters. The summed E-state index contributed by atoms with van der Waals surface area (Å²) < 4.78 is 7.37. The van der Waals surface area contributed by atoms with Crippen molar-refractivity contribution in [2.75, 3.05) is 18.2 Å². The molecule has 0 fully saturated rings. The summed E-state index contributed by atoms with van der Waals surface area (Å²) in [6.45, 7) is 3.93. The molecule has 0 spiro atoms. The molecule has 0 radical (unpaired) electrons. The van der Waals surface area contributed by atoms with Gasteiger partial charge in [-0.15, -0.1) is 0 Å². The summed E-state index contributed by atoms with van der Waals surface area (Å²) in [5.74, 6) is 0.800. The van der Waals surface area contributed by atoms with Crippen LogP contribution in [0.5, 0.6) is 5.75 Å². The zero-order chi connectivity index (χ0) is 18.8. The average molecular weight is 386 g/mol. The minimum absolute atomic E-state index is 0.264. The van der Waals surface area contributed by atoms with E-state index in [9.17, 15) is 4.79 Å². The van der Waals surface area contributed by atoms with Crippen LogP contribution in [0.4, 0.5) is 11.5 Å². The van der Waals surface area contributed by atoms with Crippen molar-refractivity contribution in [1.82, 2.24) is 4.57 Å². The number of ether oxygens (including phenoxy) is 1. The number of hydrogen-bond donors (Lipinski definition) is 2. The number of rotatable bonds is 4. The molecular formula is C19H19N3O2S2. The third-order valence-electron chi connectivity index (χ3n) is 4.02. The minimum atomic E-state index is -0.264. The van der Waals surface area contributed by atoms with Gasteiger partial charge in [-0.25, -0.2) is 0 Å². The number of amides is 1. The van der Waals surface area contributed by atoms with Crippen LogP contribution >= 0.6 is 23.6 Å². The Labute approximate surface area is 161 Å². The molecule has 26 heavy (non-hydrogen) atoms. The van der Waals surface area contributed by atoms with Gasteiger partial charge in [-0.1, -0.05) is 23.5 Å². The minimum Gasteiger partial charge on any atom is -0.497 e. The fourth-order valence-corrected chi connectivity index (χ4v) is 3.84. The van der Waals surface area contributed by atoms with Gasteiger partial charge in [0, 0.05) is 11.4 Å². The molecule has 3 N–H and O–H groups in total. The van der Waals surface area contributed by atoms with E-state index in [2.05, 4.69) is 5.32 Å². The number of methoxy groups -OCH3 is 1. The Morgan fingerprint density at radius 1 is 1.19 bits per heavy atom. The van der Waals surface area contributed by atoms with Crippen molar-refractivity contribution in [3.8, 4) is 11.4 Å². The molecule has 0 atom stereocenters. The fourth-order valence-electron chi connectivity index (χ4n) is 2.57. The smallest absolute Gasteiger partial charge is 0.269 e. The van der Waals surface area contributed by atoms with Crippen LogP contribution < -0.4 is 15.8 Å². The molecule has 2 aromatic carbocycles. The second-order valence-corrected chi connectivity index (χ2v) is 7.53. The summed E-state index contributed by atoms with van der Waals surface area (Å²) >= 11 is 6.62. The Kier molecular flexibility index (Phi) is 5.11. The molecular weight excluding hydrogens is 366 g/mol. The lowest BCUT2D eigenvalue weighted by Crippen LogP contribution is -2.14. The van der Waals surface area contributed by atoms with Crippen LogP contribution in [0.15, 0.2) is 42.5 Å². The normalized spacial score (nSPS) is 10.6. The summed E-state index contributed by atoms with van der Waals surface area (Å²) in [5, 5.41) is 2.93. The van der Waals surface area contributed by atoms with E-state index in [1.807, 2.05) is 56.3 Å². The Hall–Kier alpha value is -2.64. The molecule has 0 bridgehead atoms. The number of nitrogens with one attached hydrogen (secondary N) is 1. The van der Waals surface area contributed by atoms with Crippen LogP contribution in [0.3, 0.4) is 0 Å². The molecule has 0 saturated heterocycles. The average Bonchev–Trinajstić information content (AvgIpc) is 2.93. The SMILES string of the molecule is COc1ccc(-n2c(N)c(C(=O)Nc3cc(C)ccc3C)sc2=S)cc1. The number of thiazole rings is 1. The number of carbonyl (C=O) groups excluding carboxylic acids is 1. The molecule has 134 valence electrons. The van der Waals surface area contributed by atoms with Crippen molar-refractivity contribution in [3.05, 3.63) is 62.4 Å². The van der Waals surface area contributed by atoms with E-state index in [4.69, 9.17) is 22.7 Å². The van der Waals surface area contributed by atoms with Crippen molar-refractivity contribution < 1.29 is 9.53 Å². The molecule has 1 heterocycles. The van der Waals surface area contributed by atoms with Gasteiger partial charge in [-0.05, 0) is 67.5 Å². The lowest BCUT2D eigenvalue weighted by Gasteiger charge is -2.10. The molecule has 7 heteroatoms. The summed E-state index contributed by atoms with van der Waals surface area (Å²) in [7, 11) is 1.61. The van der Waals surface area contributed by atoms with Crippen molar-refractivity contribution in [2.45, 2.75) is 13.8 Å². The second-order valence-electron chi connectivity index (χ2n) is 5.89. The Morgan fingerprint density at radius 2 is 1.88 bits per heavy atom. The molecule has 5 nitrogen and oxygen atoms in total. The highest BCUT2D eigenvalue weighted by atomic mass is 32.1. The predicted molar refractivity (Wildman–Crippen MR) is 109 cm³/mol. The molecule has 0 aliphatic rings. The predicted octanol–water partition coefficient (Wildman–Crippen LogP) is 4.73. The number of nitrogens with two attached hydrogens (primary N) is 1. The molecule has 1 aromatic heterocycles. The number of aryl methyl sites for hydroxylation is 2. The zero-order valence-corrected chi connectivity index (χ0v) is 16.3.